The zero-order chi connectivity index (χ0) is 16.2. The standard InChI is InChI=1S/C12H14BrCl2NO4S/c1-7(6-20-2)5-16-12(17)9-3-8(21(15,18)19)4-10(13)11(9)14/h3-4,7H,5-6H2,1-2H3,(H,16,17). The van der Waals surface area contributed by atoms with Gasteiger partial charge in [-0.2, -0.15) is 0 Å². The van der Waals surface area contributed by atoms with Crippen LogP contribution >= 0.6 is 38.2 Å². The van der Waals surface area contributed by atoms with E-state index in [1.165, 1.54) is 6.07 Å². The van der Waals surface area contributed by atoms with Gasteiger partial charge in [0.2, 0.25) is 0 Å². The van der Waals surface area contributed by atoms with Gasteiger partial charge in [0.05, 0.1) is 22.1 Å². The highest BCUT2D eigenvalue weighted by Crippen LogP contribution is 2.31. The van der Waals surface area contributed by atoms with Gasteiger partial charge in [-0.1, -0.05) is 18.5 Å². The van der Waals surface area contributed by atoms with Crippen LogP contribution in [0.2, 0.25) is 5.02 Å². The molecule has 0 aliphatic rings. The molecule has 0 radical (unpaired) electrons. The summed E-state index contributed by atoms with van der Waals surface area (Å²) in [6.45, 7) is 2.77. The first kappa shape index (κ1) is 18.7. The van der Waals surface area contributed by atoms with Gasteiger partial charge < -0.3 is 10.1 Å². The lowest BCUT2D eigenvalue weighted by molar-refractivity contribution is 0.0934. The summed E-state index contributed by atoms with van der Waals surface area (Å²) in [6.07, 6.45) is 0. The van der Waals surface area contributed by atoms with Crippen LogP contribution in [0.4, 0.5) is 0 Å². The molecule has 1 aromatic rings. The van der Waals surface area contributed by atoms with Gasteiger partial charge in [-0.3, -0.25) is 4.79 Å². The zero-order valence-electron chi connectivity index (χ0n) is 11.3. The largest absolute Gasteiger partial charge is 0.384 e. The van der Waals surface area contributed by atoms with Gasteiger partial charge in [0.25, 0.3) is 15.0 Å². The summed E-state index contributed by atoms with van der Waals surface area (Å²) >= 11 is 9.12. The van der Waals surface area contributed by atoms with E-state index < -0.39 is 15.0 Å². The van der Waals surface area contributed by atoms with Crippen molar-refractivity contribution in [3.05, 3.63) is 27.2 Å². The van der Waals surface area contributed by atoms with Crippen LogP contribution in [0.3, 0.4) is 0 Å². The van der Waals surface area contributed by atoms with Crippen molar-refractivity contribution in [1.29, 1.82) is 0 Å². The van der Waals surface area contributed by atoms with E-state index in [0.717, 1.165) is 6.07 Å². The van der Waals surface area contributed by atoms with Crippen molar-refractivity contribution >= 4 is 53.2 Å². The van der Waals surface area contributed by atoms with E-state index in [1.807, 2.05) is 6.92 Å². The summed E-state index contributed by atoms with van der Waals surface area (Å²) in [4.78, 5) is 11.9. The number of benzene rings is 1. The second-order valence-corrected chi connectivity index (χ2v) is 8.27. The number of hydrogen-bond acceptors (Lipinski definition) is 4. The summed E-state index contributed by atoms with van der Waals surface area (Å²) in [5.41, 5.74) is 0.0369. The molecule has 1 N–H and O–H groups in total. The molecule has 5 nitrogen and oxygen atoms in total. The Hall–Kier alpha value is -0.340. The van der Waals surface area contributed by atoms with Crippen LogP contribution in [0.25, 0.3) is 0 Å². The fraction of sp³-hybridized carbons (Fsp3) is 0.417. The summed E-state index contributed by atoms with van der Waals surface area (Å²) in [7, 11) is 2.90. The van der Waals surface area contributed by atoms with Gasteiger partial charge in [-0.05, 0) is 34.0 Å². The molecule has 118 valence electrons. The number of carbonyl (C=O) groups excluding carboxylic acids is 1. The lowest BCUT2D eigenvalue weighted by Gasteiger charge is -2.13. The van der Waals surface area contributed by atoms with Crippen LogP contribution in [-0.2, 0) is 13.8 Å². The minimum absolute atomic E-state index is 0.0369. The molecule has 1 rings (SSSR count). The van der Waals surface area contributed by atoms with Crippen LogP contribution in [-0.4, -0.2) is 34.6 Å². The first-order chi connectivity index (χ1) is 9.66. The average Bonchev–Trinajstić information content (AvgIpc) is 2.38. The maximum Gasteiger partial charge on any atom is 0.261 e. The van der Waals surface area contributed by atoms with Crippen LogP contribution in [0.1, 0.15) is 17.3 Å². The number of nitrogens with one attached hydrogen (secondary N) is 1. The Kier molecular flexibility index (Phi) is 6.93. The first-order valence-corrected chi connectivity index (χ1v) is 9.35. The van der Waals surface area contributed by atoms with Gasteiger partial charge in [-0.25, -0.2) is 8.42 Å². The molecule has 0 spiro atoms. The van der Waals surface area contributed by atoms with Gasteiger partial charge in [0.15, 0.2) is 0 Å². The number of carbonyl (C=O) groups is 1. The first-order valence-electron chi connectivity index (χ1n) is 5.87. The molecule has 1 unspecified atom stereocenters. The predicted molar refractivity (Wildman–Crippen MR) is 85.6 cm³/mol. The number of ether oxygens (including phenoxy) is 1. The highest BCUT2D eigenvalue weighted by Gasteiger charge is 2.20. The van der Waals surface area contributed by atoms with Crippen molar-refractivity contribution in [2.45, 2.75) is 11.8 Å². The fourth-order valence-electron chi connectivity index (χ4n) is 1.58. The number of amides is 1. The molecule has 0 bridgehead atoms. The van der Waals surface area contributed by atoms with Crippen molar-refractivity contribution in [1.82, 2.24) is 5.32 Å². The molecular formula is C12H14BrCl2NO4S. The molecular weight excluding hydrogens is 405 g/mol. The van der Waals surface area contributed by atoms with Gasteiger partial charge in [-0.15, -0.1) is 0 Å². The molecule has 0 heterocycles. The quantitative estimate of drug-likeness (QED) is 0.720. The summed E-state index contributed by atoms with van der Waals surface area (Å²) in [5, 5.41) is 2.79. The second-order valence-electron chi connectivity index (χ2n) is 4.48. The molecule has 0 aliphatic heterocycles. The van der Waals surface area contributed by atoms with Gasteiger partial charge in [0.1, 0.15) is 0 Å². The smallest absolute Gasteiger partial charge is 0.261 e. The fourth-order valence-corrected chi connectivity index (χ4v) is 3.17. The SMILES string of the molecule is COCC(C)CNC(=O)c1cc(S(=O)(=O)Cl)cc(Br)c1Cl. The van der Waals surface area contributed by atoms with Crippen molar-refractivity contribution in [2.75, 3.05) is 20.3 Å². The number of halogens is 3. The lowest BCUT2D eigenvalue weighted by atomic mass is 10.1. The molecule has 0 fully saturated rings. The van der Waals surface area contributed by atoms with Crippen molar-refractivity contribution in [3.63, 3.8) is 0 Å². The third-order valence-electron chi connectivity index (χ3n) is 2.59. The van der Waals surface area contributed by atoms with Crippen molar-refractivity contribution in [3.8, 4) is 0 Å². The second kappa shape index (κ2) is 7.78. The number of methoxy groups -OCH3 is 1. The Balaban J connectivity index is 3.01. The van der Waals surface area contributed by atoms with Gasteiger partial charge in [0, 0.05) is 28.8 Å². The van der Waals surface area contributed by atoms with Crippen LogP contribution < -0.4 is 5.32 Å². The van der Waals surface area contributed by atoms with Crippen LogP contribution in [0.5, 0.6) is 0 Å². The maximum atomic E-state index is 12.1. The molecule has 9 heteroatoms. The van der Waals surface area contributed by atoms with Crippen molar-refractivity contribution < 1.29 is 17.9 Å². The Labute approximate surface area is 141 Å². The Morgan fingerprint density at radius 3 is 2.62 bits per heavy atom. The maximum absolute atomic E-state index is 12.1. The average molecular weight is 419 g/mol. The monoisotopic (exact) mass is 417 g/mol. The van der Waals surface area contributed by atoms with E-state index in [1.54, 1.807) is 7.11 Å². The minimum Gasteiger partial charge on any atom is -0.384 e. The summed E-state index contributed by atoms with van der Waals surface area (Å²) < 4.78 is 28.0. The highest BCUT2D eigenvalue weighted by molar-refractivity contribution is 9.10. The lowest BCUT2D eigenvalue weighted by Crippen LogP contribution is -2.30. The third-order valence-corrected chi connectivity index (χ3v) is 5.18. The van der Waals surface area contributed by atoms with Crippen molar-refractivity contribution in [2.24, 2.45) is 5.92 Å². The molecule has 0 saturated carbocycles. The van der Waals surface area contributed by atoms with E-state index in [0.29, 0.717) is 13.2 Å². The summed E-state index contributed by atoms with van der Waals surface area (Å²) in [6, 6.07) is 2.39. The van der Waals surface area contributed by atoms with E-state index in [2.05, 4.69) is 21.2 Å². The Morgan fingerprint density at radius 2 is 2.10 bits per heavy atom. The molecule has 1 amide bonds. The number of rotatable bonds is 6. The predicted octanol–water partition coefficient (Wildman–Crippen LogP) is 3.04. The van der Waals surface area contributed by atoms with Crippen LogP contribution in [0, 0.1) is 5.92 Å². The van der Waals surface area contributed by atoms with E-state index in [9.17, 15) is 13.2 Å². The summed E-state index contributed by atoms with van der Waals surface area (Å²) in [5.74, 6) is -0.369. The normalized spacial score (nSPS) is 13.0. The molecule has 0 saturated heterocycles. The molecule has 0 aliphatic carbocycles. The molecule has 1 atom stereocenters. The Bertz CT molecular complexity index is 636. The van der Waals surface area contributed by atoms with E-state index in [4.69, 9.17) is 27.0 Å². The Morgan fingerprint density at radius 1 is 1.48 bits per heavy atom. The molecule has 0 aromatic heterocycles. The van der Waals surface area contributed by atoms with Gasteiger partial charge >= 0.3 is 0 Å². The number of hydrogen-bond donors (Lipinski definition) is 1. The van der Waals surface area contributed by atoms with Crippen LogP contribution in [0.15, 0.2) is 21.5 Å². The van der Waals surface area contributed by atoms with E-state index >= 15 is 0 Å². The highest BCUT2D eigenvalue weighted by atomic mass is 79.9. The zero-order valence-corrected chi connectivity index (χ0v) is 15.2. The van der Waals surface area contributed by atoms with E-state index in [-0.39, 0.29) is 25.9 Å². The third kappa shape index (κ3) is 5.41. The minimum atomic E-state index is -3.95. The topological polar surface area (TPSA) is 72.5 Å². The molecule has 21 heavy (non-hydrogen) atoms. The molecule has 1 aromatic carbocycles.